The van der Waals surface area contributed by atoms with E-state index in [1.807, 2.05) is 0 Å². The van der Waals surface area contributed by atoms with Crippen molar-refractivity contribution >= 4 is 29.5 Å². The molecule has 1 aromatic rings. The van der Waals surface area contributed by atoms with Gasteiger partial charge in [-0.15, -0.1) is 0 Å². The highest BCUT2D eigenvalue weighted by Crippen LogP contribution is 2.42. The number of carbonyl (C=O) groups is 2. The van der Waals surface area contributed by atoms with Gasteiger partial charge in [-0.05, 0) is 38.8 Å². The first kappa shape index (κ1) is 21.6. The molecule has 1 aliphatic heterocycles. The van der Waals surface area contributed by atoms with E-state index in [0.717, 1.165) is 43.7 Å². The number of ether oxygens (including phenoxy) is 1. The van der Waals surface area contributed by atoms with Gasteiger partial charge in [0.15, 0.2) is 11.4 Å². The molecule has 0 N–H and O–H groups in total. The maximum absolute atomic E-state index is 12.4. The normalized spacial score (nSPS) is 14.9. The van der Waals surface area contributed by atoms with Gasteiger partial charge in [0, 0.05) is 13.1 Å². The van der Waals surface area contributed by atoms with Crippen LogP contribution in [0.5, 0.6) is 5.75 Å². The van der Waals surface area contributed by atoms with Crippen LogP contribution in [0.2, 0.25) is 0 Å². The predicted molar refractivity (Wildman–Crippen MR) is 107 cm³/mol. The topological polar surface area (TPSA) is 72.9 Å². The zero-order valence-corrected chi connectivity index (χ0v) is 17.4. The minimum Gasteiger partial charge on any atom is -0.530 e. The van der Waals surface area contributed by atoms with Gasteiger partial charge in [-0.2, -0.15) is 0 Å². The van der Waals surface area contributed by atoms with E-state index in [-0.39, 0.29) is 11.7 Å². The molecule has 0 unspecified atom stereocenters. The number of ketones is 1. The maximum Gasteiger partial charge on any atom is 0.209 e. The number of amides is 1. The Morgan fingerprint density at radius 1 is 1.19 bits per heavy atom. The molecule has 1 amide bonds. The Morgan fingerprint density at radius 3 is 2.37 bits per heavy atom. The van der Waals surface area contributed by atoms with E-state index < -0.39 is 11.7 Å². The summed E-state index contributed by atoms with van der Waals surface area (Å²) < 4.78 is 8.01. The minimum absolute atomic E-state index is 0.141. The molecule has 0 saturated heterocycles. The molecule has 2 rings (SSSR count). The molecule has 0 saturated carbocycles. The molecule has 0 aromatic heterocycles. The summed E-state index contributed by atoms with van der Waals surface area (Å²) in [7, 11) is 0. The van der Waals surface area contributed by atoms with Crippen LogP contribution < -0.4 is 14.7 Å². The van der Waals surface area contributed by atoms with Crippen LogP contribution in [0.25, 0.3) is 0 Å². The molecule has 6 nitrogen and oxygen atoms in total. The quantitative estimate of drug-likeness (QED) is 0.446. The molecule has 0 fully saturated rings. The van der Waals surface area contributed by atoms with Gasteiger partial charge in [0.05, 0.1) is 17.1 Å². The van der Waals surface area contributed by atoms with Crippen molar-refractivity contribution in [2.75, 3.05) is 23.9 Å². The third-order valence-electron chi connectivity index (χ3n) is 4.55. The third-order valence-corrected chi connectivity index (χ3v) is 5.65. The molecule has 7 heteroatoms. The molecule has 150 valence electrons. The standard InChI is InChI=1S/C20H30N2O4S/c1-5-7-12-21(13-8-6-2)27-14-22(19(24)25)16-11-9-10-15-17(16)26-20(3,4)18(15)23/h9-11H,5-8,12-14H2,1-4H3,(H,24,25)/p-1. The molecular formula is C20H29N2O4S-. The van der Waals surface area contributed by atoms with E-state index in [2.05, 4.69) is 18.2 Å². The highest BCUT2D eigenvalue weighted by molar-refractivity contribution is 7.97. The van der Waals surface area contributed by atoms with Crippen LogP contribution in [-0.4, -0.2) is 40.7 Å². The number of unbranched alkanes of at least 4 members (excludes halogenated alkanes) is 2. The van der Waals surface area contributed by atoms with E-state index in [1.54, 1.807) is 32.0 Å². The van der Waals surface area contributed by atoms with Crippen LogP contribution in [0.15, 0.2) is 18.2 Å². The van der Waals surface area contributed by atoms with Crippen molar-refractivity contribution in [1.82, 2.24) is 4.31 Å². The monoisotopic (exact) mass is 393 g/mol. The number of fused-ring (bicyclic) bond motifs is 1. The minimum atomic E-state index is -1.30. The Balaban J connectivity index is 2.19. The summed E-state index contributed by atoms with van der Waals surface area (Å²) in [6.45, 7) is 9.48. The Bertz CT molecular complexity index is 670. The van der Waals surface area contributed by atoms with Crippen molar-refractivity contribution in [2.24, 2.45) is 0 Å². The van der Waals surface area contributed by atoms with Crippen molar-refractivity contribution in [2.45, 2.75) is 59.0 Å². The lowest BCUT2D eigenvalue weighted by Crippen LogP contribution is -2.42. The molecule has 0 bridgehead atoms. The number of hydrogen-bond acceptors (Lipinski definition) is 6. The second-order valence-electron chi connectivity index (χ2n) is 7.18. The van der Waals surface area contributed by atoms with Crippen molar-refractivity contribution in [3.05, 3.63) is 23.8 Å². The highest BCUT2D eigenvalue weighted by Gasteiger charge is 2.41. The predicted octanol–water partition coefficient (Wildman–Crippen LogP) is 3.70. The van der Waals surface area contributed by atoms with E-state index in [1.165, 1.54) is 11.9 Å². The summed E-state index contributed by atoms with van der Waals surface area (Å²) >= 11 is 1.48. The number of nitrogens with zero attached hydrogens (tertiary/aromatic N) is 2. The largest absolute Gasteiger partial charge is 0.530 e. The molecule has 0 spiro atoms. The number of carboxylic acid groups (broad SMARTS) is 1. The fraction of sp³-hybridized carbons (Fsp3) is 0.600. The van der Waals surface area contributed by atoms with Gasteiger partial charge in [-0.3, -0.25) is 4.79 Å². The van der Waals surface area contributed by atoms with E-state index >= 15 is 0 Å². The second-order valence-corrected chi connectivity index (χ2v) is 8.22. The lowest BCUT2D eigenvalue weighted by atomic mass is 9.99. The summed E-state index contributed by atoms with van der Waals surface area (Å²) in [4.78, 5) is 25.4. The molecule has 27 heavy (non-hydrogen) atoms. The van der Waals surface area contributed by atoms with Crippen LogP contribution in [0.1, 0.15) is 63.7 Å². The molecular weight excluding hydrogens is 364 g/mol. The Labute approximate surface area is 166 Å². The van der Waals surface area contributed by atoms with Crippen LogP contribution in [0.3, 0.4) is 0 Å². The van der Waals surface area contributed by atoms with Crippen LogP contribution in [0, 0.1) is 0 Å². The molecule has 0 aliphatic carbocycles. The van der Waals surface area contributed by atoms with Crippen molar-refractivity contribution in [3.8, 4) is 5.75 Å². The fourth-order valence-electron chi connectivity index (χ4n) is 2.92. The van der Waals surface area contributed by atoms with Gasteiger partial charge in [-0.1, -0.05) is 44.7 Å². The third kappa shape index (κ3) is 5.17. The average Bonchev–Trinajstić information content (AvgIpc) is 2.86. The zero-order chi connectivity index (χ0) is 20.0. The fourth-order valence-corrected chi connectivity index (χ4v) is 3.96. The van der Waals surface area contributed by atoms with Crippen LogP contribution in [0.4, 0.5) is 10.5 Å². The molecule has 1 aromatic carbocycles. The molecule has 1 heterocycles. The Hall–Kier alpha value is -1.73. The zero-order valence-electron chi connectivity index (χ0n) is 16.6. The van der Waals surface area contributed by atoms with E-state index in [4.69, 9.17) is 4.74 Å². The summed E-state index contributed by atoms with van der Waals surface area (Å²) in [5.74, 6) is 0.383. The molecule has 0 radical (unpaired) electrons. The summed E-state index contributed by atoms with van der Waals surface area (Å²) in [5, 5.41) is 11.8. The van der Waals surface area contributed by atoms with Crippen molar-refractivity contribution in [3.63, 3.8) is 0 Å². The summed E-state index contributed by atoms with van der Waals surface area (Å²) in [5.41, 5.74) is -0.204. The average molecular weight is 394 g/mol. The Morgan fingerprint density at radius 2 is 1.81 bits per heavy atom. The lowest BCUT2D eigenvalue weighted by molar-refractivity contribution is -0.246. The van der Waals surface area contributed by atoms with Gasteiger partial charge < -0.3 is 19.5 Å². The molecule has 1 aliphatic rings. The first-order chi connectivity index (χ1) is 12.8. The number of para-hydroxylation sites is 1. The second kappa shape index (κ2) is 9.46. The number of benzene rings is 1. The van der Waals surface area contributed by atoms with Crippen LogP contribution >= 0.6 is 11.9 Å². The van der Waals surface area contributed by atoms with Gasteiger partial charge >= 0.3 is 0 Å². The molecule has 0 atom stereocenters. The Kier molecular flexibility index (Phi) is 7.56. The van der Waals surface area contributed by atoms with Gasteiger partial charge in [-0.25, -0.2) is 4.31 Å². The van der Waals surface area contributed by atoms with Crippen molar-refractivity contribution < 1.29 is 19.4 Å². The maximum atomic E-state index is 12.4. The summed E-state index contributed by atoms with van der Waals surface area (Å²) in [6.07, 6.45) is 3.00. The first-order valence-electron chi connectivity index (χ1n) is 9.55. The first-order valence-corrected chi connectivity index (χ1v) is 10.5. The number of rotatable bonds is 10. The van der Waals surface area contributed by atoms with E-state index in [0.29, 0.717) is 17.0 Å². The lowest BCUT2D eigenvalue weighted by Gasteiger charge is -2.29. The number of hydrogen-bond donors (Lipinski definition) is 0. The van der Waals surface area contributed by atoms with Crippen molar-refractivity contribution in [1.29, 1.82) is 0 Å². The summed E-state index contributed by atoms with van der Waals surface area (Å²) in [6, 6.07) is 5.01. The number of Topliss-reactive ketones (excluding diaryl/α,β-unsaturated/α-hetero) is 1. The number of anilines is 1. The van der Waals surface area contributed by atoms with E-state index in [9.17, 15) is 14.7 Å². The number of carbonyl (C=O) groups excluding carboxylic acids is 2. The van der Waals surface area contributed by atoms with Gasteiger partial charge in [0.1, 0.15) is 6.09 Å². The van der Waals surface area contributed by atoms with Gasteiger partial charge in [0.2, 0.25) is 5.78 Å². The SMILES string of the molecule is CCCCN(CCCC)SCN(C(=O)[O-])c1cccc2c1OC(C)(C)C2=O. The smallest absolute Gasteiger partial charge is 0.209 e. The highest BCUT2D eigenvalue weighted by atomic mass is 32.2. The van der Waals surface area contributed by atoms with Crippen LogP contribution in [-0.2, 0) is 0 Å². The van der Waals surface area contributed by atoms with Gasteiger partial charge in [0.25, 0.3) is 0 Å².